The third kappa shape index (κ3) is 3.63. The van der Waals surface area contributed by atoms with E-state index < -0.39 is 18.0 Å². The van der Waals surface area contributed by atoms with Gasteiger partial charge in [-0.2, -0.15) is 0 Å². The lowest BCUT2D eigenvalue weighted by Gasteiger charge is -2.17. The minimum atomic E-state index is -1.60. The van der Waals surface area contributed by atoms with Gasteiger partial charge >= 0.3 is 11.9 Å². The summed E-state index contributed by atoms with van der Waals surface area (Å²) in [4.78, 5) is 23.3. The van der Waals surface area contributed by atoms with Crippen molar-refractivity contribution in [1.82, 2.24) is 0 Å². The Labute approximate surface area is 122 Å². The van der Waals surface area contributed by atoms with Crippen LogP contribution in [0, 0.1) is 0 Å². The van der Waals surface area contributed by atoms with Crippen molar-refractivity contribution in [3.05, 3.63) is 23.3 Å². The third-order valence-corrected chi connectivity index (χ3v) is 2.73. The van der Waals surface area contributed by atoms with Gasteiger partial charge in [0, 0.05) is 5.56 Å². The molecule has 0 aliphatic heterocycles. The predicted octanol–water partition coefficient (Wildman–Crippen LogP) is 1.09. The summed E-state index contributed by atoms with van der Waals surface area (Å²) in [5, 5.41) is 10.1. The van der Waals surface area contributed by atoms with E-state index in [1.54, 1.807) is 6.92 Å². The van der Waals surface area contributed by atoms with Crippen molar-refractivity contribution in [2.75, 3.05) is 27.9 Å². The highest BCUT2D eigenvalue weighted by molar-refractivity contribution is 5.91. The van der Waals surface area contributed by atoms with E-state index in [2.05, 4.69) is 4.74 Å². The standard InChI is InChI=1S/C14H18O7/c1-5-21-14(17)11(15)9-6-8(13(16)20-4)7-10(18-2)12(9)19-3/h6-7,11,15H,5H2,1-4H3. The topological polar surface area (TPSA) is 91.3 Å². The van der Waals surface area contributed by atoms with Crippen molar-refractivity contribution < 1.29 is 33.6 Å². The number of aliphatic hydroxyl groups is 1. The summed E-state index contributed by atoms with van der Waals surface area (Å²) in [5.74, 6) is -1.14. The number of ether oxygens (including phenoxy) is 4. The Morgan fingerprint density at radius 1 is 1.19 bits per heavy atom. The summed E-state index contributed by atoms with van der Waals surface area (Å²) < 4.78 is 19.6. The minimum Gasteiger partial charge on any atom is -0.493 e. The van der Waals surface area contributed by atoms with Crippen LogP contribution < -0.4 is 9.47 Å². The van der Waals surface area contributed by atoms with Gasteiger partial charge in [0.25, 0.3) is 0 Å². The highest BCUT2D eigenvalue weighted by Gasteiger charge is 2.27. The molecule has 21 heavy (non-hydrogen) atoms. The number of hydrogen-bond donors (Lipinski definition) is 1. The molecule has 0 saturated heterocycles. The van der Waals surface area contributed by atoms with Gasteiger partial charge < -0.3 is 24.1 Å². The monoisotopic (exact) mass is 298 g/mol. The van der Waals surface area contributed by atoms with Gasteiger partial charge in [0.2, 0.25) is 0 Å². The first-order valence-electron chi connectivity index (χ1n) is 6.19. The molecule has 116 valence electrons. The molecule has 0 radical (unpaired) electrons. The average Bonchev–Trinajstić information content (AvgIpc) is 2.51. The maximum absolute atomic E-state index is 11.7. The highest BCUT2D eigenvalue weighted by Crippen LogP contribution is 2.36. The van der Waals surface area contributed by atoms with E-state index in [0.29, 0.717) is 0 Å². The fourth-order valence-electron chi connectivity index (χ4n) is 1.78. The first-order chi connectivity index (χ1) is 9.99. The first-order valence-corrected chi connectivity index (χ1v) is 6.19. The van der Waals surface area contributed by atoms with Gasteiger partial charge in [-0.1, -0.05) is 0 Å². The van der Waals surface area contributed by atoms with Crippen molar-refractivity contribution in [3.8, 4) is 11.5 Å². The van der Waals surface area contributed by atoms with Gasteiger partial charge in [-0.25, -0.2) is 9.59 Å². The highest BCUT2D eigenvalue weighted by atomic mass is 16.5. The summed E-state index contributed by atoms with van der Waals surface area (Å²) in [5.41, 5.74) is 0.184. The van der Waals surface area contributed by atoms with E-state index in [0.717, 1.165) is 0 Å². The van der Waals surface area contributed by atoms with E-state index in [9.17, 15) is 14.7 Å². The Bertz CT molecular complexity index is 524. The lowest BCUT2D eigenvalue weighted by atomic mass is 10.0. The van der Waals surface area contributed by atoms with Crippen LogP contribution in [-0.2, 0) is 14.3 Å². The molecular formula is C14H18O7. The maximum atomic E-state index is 11.7. The van der Waals surface area contributed by atoms with Gasteiger partial charge in [0.15, 0.2) is 17.6 Å². The molecule has 0 saturated carbocycles. The second kappa shape index (κ2) is 7.49. The lowest BCUT2D eigenvalue weighted by molar-refractivity contribution is -0.153. The number of hydrogen-bond acceptors (Lipinski definition) is 7. The molecule has 1 atom stereocenters. The number of rotatable bonds is 6. The van der Waals surface area contributed by atoms with Crippen LogP contribution in [0.15, 0.2) is 12.1 Å². The number of esters is 2. The smallest absolute Gasteiger partial charge is 0.339 e. The zero-order valence-corrected chi connectivity index (χ0v) is 12.3. The van der Waals surface area contributed by atoms with Gasteiger partial charge in [-0.3, -0.25) is 0 Å². The molecule has 1 N–H and O–H groups in total. The number of methoxy groups -OCH3 is 3. The predicted molar refractivity (Wildman–Crippen MR) is 72.5 cm³/mol. The molecule has 7 heteroatoms. The summed E-state index contributed by atoms with van der Waals surface area (Å²) in [7, 11) is 3.96. The van der Waals surface area contributed by atoms with Crippen molar-refractivity contribution in [1.29, 1.82) is 0 Å². The molecule has 0 aliphatic rings. The van der Waals surface area contributed by atoms with E-state index >= 15 is 0 Å². The number of carbonyl (C=O) groups is 2. The summed E-state index contributed by atoms with van der Waals surface area (Å²) in [6.07, 6.45) is -1.60. The van der Waals surface area contributed by atoms with Crippen LogP contribution in [-0.4, -0.2) is 45.0 Å². The molecular weight excluding hydrogens is 280 g/mol. The number of benzene rings is 1. The van der Waals surface area contributed by atoms with Crippen LogP contribution in [0.4, 0.5) is 0 Å². The van der Waals surface area contributed by atoms with Gasteiger partial charge in [0.05, 0.1) is 33.5 Å². The molecule has 7 nitrogen and oxygen atoms in total. The summed E-state index contributed by atoms with van der Waals surface area (Å²) in [6.45, 7) is 1.74. The fourth-order valence-corrected chi connectivity index (χ4v) is 1.78. The van der Waals surface area contributed by atoms with Gasteiger partial charge in [-0.05, 0) is 19.1 Å². The maximum Gasteiger partial charge on any atom is 0.339 e. The zero-order chi connectivity index (χ0) is 16.0. The molecule has 1 aromatic carbocycles. The molecule has 0 bridgehead atoms. The van der Waals surface area contributed by atoms with E-state index in [-0.39, 0.29) is 29.2 Å². The van der Waals surface area contributed by atoms with Gasteiger partial charge in [0.1, 0.15) is 0 Å². The summed E-state index contributed by atoms with van der Waals surface area (Å²) >= 11 is 0. The second-order valence-electron chi connectivity index (χ2n) is 3.95. The van der Waals surface area contributed by atoms with Crippen LogP contribution >= 0.6 is 0 Å². The molecule has 0 aromatic heterocycles. The van der Waals surface area contributed by atoms with E-state index in [1.165, 1.54) is 33.5 Å². The Kier molecular flexibility index (Phi) is 5.98. The molecule has 1 rings (SSSR count). The average molecular weight is 298 g/mol. The molecule has 1 unspecified atom stereocenters. The lowest BCUT2D eigenvalue weighted by Crippen LogP contribution is -2.17. The Morgan fingerprint density at radius 3 is 2.33 bits per heavy atom. The number of carbonyl (C=O) groups excluding carboxylic acids is 2. The molecule has 0 fully saturated rings. The first kappa shape index (κ1) is 16.8. The van der Waals surface area contributed by atoms with Crippen LogP contribution in [0.1, 0.15) is 28.9 Å². The van der Waals surface area contributed by atoms with Crippen molar-refractivity contribution in [3.63, 3.8) is 0 Å². The Hall–Kier alpha value is -2.28. The Morgan fingerprint density at radius 2 is 1.86 bits per heavy atom. The van der Waals surface area contributed by atoms with Crippen LogP contribution in [0.2, 0.25) is 0 Å². The molecule has 0 aliphatic carbocycles. The van der Waals surface area contributed by atoms with Crippen molar-refractivity contribution in [2.45, 2.75) is 13.0 Å². The Balaban J connectivity index is 3.38. The fraction of sp³-hybridized carbons (Fsp3) is 0.429. The molecule has 0 amide bonds. The zero-order valence-electron chi connectivity index (χ0n) is 12.3. The minimum absolute atomic E-state index is 0.0655. The van der Waals surface area contributed by atoms with Gasteiger partial charge in [-0.15, -0.1) is 0 Å². The summed E-state index contributed by atoms with van der Waals surface area (Å²) in [6, 6.07) is 2.70. The van der Waals surface area contributed by atoms with Crippen molar-refractivity contribution >= 4 is 11.9 Å². The largest absolute Gasteiger partial charge is 0.493 e. The molecule has 0 heterocycles. The quantitative estimate of drug-likeness (QED) is 0.786. The molecule has 0 spiro atoms. The van der Waals surface area contributed by atoms with Crippen LogP contribution in [0.25, 0.3) is 0 Å². The van der Waals surface area contributed by atoms with Crippen LogP contribution in [0.5, 0.6) is 11.5 Å². The third-order valence-electron chi connectivity index (χ3n) is 2.73. The SMILES string of the molecule is CCOC(=O)C(O)c1cc(C(=O)OC)cc(OC)c1OC. The van der Waals surface area contributed by atoms with E-state index in [4.69, 9.17) is 14.2 Å². The molecule has 1 aromatic rings. The second-order valence-corrected chi connectivity index (χ2v) is 3.95. The van der Waals surface area contributed by atoms with Crippen molar-refractivity contribution in [2.24, 2.45) is 0 Å². The van der Waals surface area contributed by atoms with Crippen LogP contribution in [0.3, 0.4) is 0 Å². The van der Waals surface area contributed by atoms with E-state index in [1.807, 2.05) is 0 Å². The number of aliphatic hydroxyl groups excluding tert-OH is 1. The normalized spacial score (nSPS) is 11.5.